The maximum atomic E-state index is 13.0. The largest absolute Gasteiger partial charge is 0.492 e. The van der Waals surface area contributed by atoms with E-state index in [9.17, 15) is 14.7 Å². The summed E-state index contributed by atoms with van der Waals surface area (Å²) < 4.78 is 5.74. The van der Waals surface area contributed by atoms with Crippen molar-refractivity contribution in [2.75, 3.05) is 32.8 Å². The normalized spacial score (nSPS) is 20.3. The summed E-state index contributed by atoms with van der Waals surface area (Å²) >= 11 is 0. The third-order valence-corrected chi connectivity index (χ3v) is 6.66. The average molecular weight is 461 g/mol. The van der Waals surface area contributed by atoms with E-state index in [0.717, 1.165) is 29.6 Å². The van der Waals surface area contributed by atoms with Crippen molar-refractivity contribution in [1.82, 2.24) is 19.8 Å². The van der Waals surface area contributed by atoms with Gasteiger partial charge in [0.2, 0.25) is 5.91 Å². The zero-order valence-corrected chi connectivity index (χ0v) is 19.0. The van der Waals surface area contributed by atoms with Crippen molar-refractivity contribution >= 4 is 22.8 Å². The molecule has 0 radical (unpaired) electrons. The van der Waals surface area contributed by atoms with Crippen LogP contribution in [0.4, 0.5) is 0 Å². The molecule has 1 aromatic carbocycles. The maximum Gasteiger partial charge on any atom is 0.253 e. The van der Waals surface area contributed by atoms with E-state index in [0.29, 0.717) is 50.4 Å². The van der Waals surface area contributed by atoms with Crippen LogP contribution in [0.15, 0.2) is 54.9 Å². The van der Waals surface area contributed by atoms with E-state index in [-0.39, 0.29) is 17.7 Å². The first-order valence-electron chi connectivity index (χ1n) is 11.7. The number of carbonyl (C=O) groups excluding carboxylic acids is 2. The summed E-state index contributed by atoms with van der Waals surface area (Å²) in [6.45, 7) is 2.60. The molecular formula is C26H28N4O4. The second-order valence-corrected chi connectivity index (χ2v) is 8.94. The third kappa shape index (κ3) is 4.72. The molecule has 8 nitrogen and oxygen atoms in total. The highest BCUT2D eigenvalue weighted by atomic mass is 16.5. The minimum absolute atomic E-state index is 0.0625. The first-order valence-corrected chi connectivity index (χ1v) is 11.7. The number of pyridine rings is 2. The predicted octanol–water partition coefficient (Wildman–Crippen LogP) is 2.31. The molecule has 3 aromatic rings. The number of ether oxygens (including phenoxy) is 1. The molecule has 0 saturated carbocycles. The molecule has 4 heterocycles. The van der Waals surface area contributed by atoms with Crippen LogP contribution in [0.1, 0.15) is 28.8 Å². The Morgan fingerprint density at radius 3 is 2.74 bits per heavy atom. The molecule has 0 bridgehead atoms. The van der Waals surface area contributed by atoms with Crippen LogP contribution < -0.4 is 4.74 Å². The number of rotatable bonds is 7. The lowest BCUT2D eigenvalue weighted by Gasteiger charge is -2.17. The highest BCUT2D eigenvalue weighted by Crippen LogP contribution is 2.26. The SMILES string of the molecule is O=C1CCCN1CCOc1ccc(C(=O)N2C[C@@H](Cc3ccnc4cccnc34)[C@@H](O)C2)cc1. The molecule has 5 rings (SSSR count). The zero-order chi connectivity index (χ0) is 23.5. The smallest absolute Gasteiger partial charge is 0.253 e. The number of hydrogen-bond acceptors (Lipinski definition) is 6. The molecule has 2 aliphatic heterocycles. The van der Waals surface area contributed by atoms with Crippen molar-refractivity contribution in [2.45, 2.75) is 25.4 Å². The van der Waals surface area contributed by atoms with Crippen LogP contribution >= 0.6 is 0 Å². The van der Waals surface area contributed by atoms with Crippen LogP contribution in [0.5, 0.6) is 5.75 Å². The highest BCUT2D eigenvalue weighted by Gasteiger charge is 2.34. The summed E-state index contributed by atoms with van der Waals surface area (Å²) in [7, 11) is 0. The summed E-state index contributed by atoms with van der Waals surface area (Å²) in [5.41, 5.74) is 3.26. The van der Waals surface area contributed by atoms with E-state index >= 15 is 0 Å². The Hall–Kier alpha value is -3.52. The number of nitrogens with zero attached hydrogens (tertiary/aromatic N) is 4. The van der Waals surface area contributed by atoms with Gasteiger partial charge in [0.1, 0.15) is 12.4 Å². The minimum Gasteiger partial charge on any atom is -0.492 e. The number of likely N-dealkylation sites (tertiary alicyclic amines) is 2. The Bertz CT molecular complexity index is 1180. The van der Waals surface area contributed by atoms with Gasteiger partial charge in [-0.1, -0.05) is 0 Å². The van der Waals surface area contributed by atoms with E-state index in [1.54, 1.807) is 41.6 Å². The van der Waals surface area contributed by atoms with Gasteiger partial charge in [0.25, 0.3) is 5.91 Å². The molecule has 2 saturated heterocycles. The number of amides is 2. The molecule has 2 amide bonds. The van der Waals surface area contributed by atoms with Gasteiger partial charge in [0.15, 0.2) is 0 Å². The van der Waals surface area contributed by atoms with Crippen LogP contribution in [0.25, 0.3) is 11.0 Å². The zero-order valence-electron chi connectivity index (χ0n) is 19.0. The van der Waals surface area contributed by atoms with Crippen LogP contribution in [0.3, 0.4) is 0 Å². The molecular weight excluding hydrogens is 432 g/mol. The Morgan fingerprint density at radius 2 is 1.94 bits per heavy atom. The van der Waals surface area contributed by atoms with E-state index in [4.69, 9.17) is 4.74 Å². The highest BCUT2D eigenvalue weighted by molar-refractivity contribution is 5.94. The Kier molecular flexibility index (Phi) is 6.40. The lowest BCUT2D eigenvalue weighted by Crippen LogP contribution is -2.29. The Morgan fingerprint density at radius 1 is 1.09 bits per heavy atom. The molecule has 2 aliphatic rings. The molecule has 2 fully saturated rings. The number of β-amino-alcohol motifs (C(OH)–C–C–N with tert-alkyl or cyclic N) is 1. The van der Waals surface area contributed by atoms with Crippen LogP contribution in [0.2, 0.25) is 0 Å². The van der Waals surface area contributed by atoms with Gasteiger partial charge in [-0.05, 0) is 60.9 Å². The summed E-state index contributed by atoms with van der Waals surface area (Å²) in [6, 6.07) is 12.8. The van der Waals surface area contributed by atoms with Crippen LogP contribution in [-0.2, 0) is 11.2 Å². The lowest BCUT2D eigenvalue weighted by atomic mass is 9.96. The molecule has 2 aromatic heterocycles. The van der Waals surface area contributed by atoms with Crippen molar-refractivity contribution in [2.24, 2.45) is 5.92 Å². The number of hydrogen-bond donors (Lipinski definition) is 1. The number of fused-ring (bicyclic) bond motifs is 1. The quantitative estimate of drug-likeness (QED) is 0.581. The minimum atomic E-state index is -0.591. The van der Waals surface area contributed by atoms with Crippen LogP contribution in [-0.4, -0.2) is 75.6 Å². The predicted molar refractivity (Wildman–Crippen MR) is 126 cm³/mol. The Labute approximate surface area is 198 Å². The van der Waals surface area contributed by atoms with Crippen molar-refractivity contribution in [1.29, 1.82) is 0 Å². The second kappa shape index (κ2) is 9.77. The molecule has 1 N–H and O–H groups in total. The fourth-order valence-corrected chi connectivity index (χ4v) is 4.79. The van der Waals surface area contributed by atoms with Gasteiger partial charge in [-0.3, -0.25) is 19.6 Å². The summed E-state index contributed by atoms with van der Waals surface area (Å²) in [6.07, 6.45) is 5.08. The molecule has 0 unspecified atom stereocenters. The fraction of sp³-hybridized carbons (Fsp3) is 0.385. The number of aromatic nitrogens is 2. The lowest BCUT2D eigenvalue weighted by molar-refractivity contribution is -0.128. The summed E-state index contributed by atoms with van der Waals surface area (Å²) in [5.74, 6) is 0.685. The van der Waals surface area contributed by atoms with Gasteiger partial charge >= 0.3 is 0 Å². The van der Waals surface area contributed by atoms with E-state index in [1.165, 1.54) is 0 Å². The van der Waals surface area contributed by atoms with E-state index in [1.807, 2.05) is 23.1 Å². The van der Waals surface area contributed by atoms with Gasteiger partial charge in [-0.25, -0.2) is 0 Å². The number of benzene rings is 1. The van der Waals surface area contributed by atoms with Crippen molar-refractivity contribution in [3.8, 4) is 5.75 Å². The topological polar surface area (TPSA) is 95.9 Å². The van der Waals surface area contributed by atoms with Crippen molar-refractivity contribution < 1.29 is 19.4 Å². The van der Waals surface area contributed by atoms with Crippen molar-refractivity contribution in [3.63, 3.8) is 0 Å². The molecule has 176 valence electrons. The monoisotopic (exact) mass is 460 g/mol. The summed E-state index contributed by atoms with van der Waals surface area (Å²) in [5, 5.41) is 10.7. The first kappa shape index (κ1) is 22.3. The first-order chi connectivity index (χ1) is 16.6. The van der Waals surface area contributed by atoms with Crippen LogP contribution in [0, 0.1) is 5.92 Å². The Balaban J connectivity index is 1.17. The second-order valence-electron chi connectivity index (χ2n) is 8.94. The van der Waals surface area contributed by atoms with Gasteiger partial charge in [0, 0.05) is 49.9 Å². The van der Waals surface area contributed by atoms with E-state index < -0.39 is 6.10 Å². The number of aliphatic hydroxyl groups excluding tert-OH is 1. The van der Waals surface area contributed by atoms with Gasteiger partial charge < -0.3 is 19.6 Å². The molecule has 0 spiro atoms. The van der Waals surface area contributed by atoms with E-state index in [2.05, 4.69) is 9.97 Å². The van der Waals surface area contributed by atoms with Gasteiger partial charge in [-0.2, -0.15) is 0 Å². The average Bonchev–Trinajstić information content (AvgIpc) is 3.44. The number of carbonyl (C=O) groups is 2. The molecule has 0 aliphatic carbocycles. The van der Waals surface area contributed by atoms with Gasteiger partial charge in [-0.15, -0.1) is 0 Å². The summed E-state index contributed by atoms with van der Waals surface area (Å²) in [4.78, 5) is 37.0. The standard InChI is InChI=1S/C26H28N4O4/c31-23-17-30(16-20(23)15-19-9-11-27-22-3-1-10-28-25(19)22)26(33)18-5-7-21(8-6-18)34-14-13-29-12-2-4-24(29)32/h1,3,5-11,20,23,31H,2,4,12-17H2/t20-,23+/m1/s1. The molecule has 34 heavy (non-hydrogen) atoms. The molecule has 2 atom stereocenters. The maximum absolute atomic E-state index is 13.0. The van der Waals surface area contributed by atoms with Gasteiger partial charge in [0.05, 0.1) is 23.7 Å². The number of aliphatic hydroxyl groups is 1. The third-order valence-electron chi connectivity index (χ3n) is 6.66. The molecule has 8 heteroatoms. The fourth-order valence-electron chi connectivity index (χ4n) is 4.79. The van der Waals surface area contributed by atoms with Crippen molar-refractivity contribution in [3.05, 3.63) is 66.0 Å².